The first-order valence-corrected chi connectivity index (χ1v) is 10.5. The molecular weight excluding hydrogens is 384 g/mol. The van der Waals surface area contributed by atoms with Gasteiger partial charge in [-0.2, -0.15) is 0 Å². The van der Waals surface area contributed by atoms with Crippen LogP contribution in [0.2, 0.25) is 0 Å². The number of aromatic nitrogens is 4. The first-order valence-electron chi connectivity index (χ1n) is 8.73. The molecule has 8 nitrogen and oxygen atoms in total. The molecule has 0 atom stereocenters. The van der Waals surface area contributed by atoms with Gasteiger partial charge >= 0.3 is 0 Å². The zero-order valence-corrected chi connectivity index (χ0v) is 16.9. The highest BCUT2D eigenvalue weighted by molar-refractivity contribution is 8.13. The Morgan fingerprint density at radius 3 is 2.74 bits per heavy atom. The van der Waals surface area contributed by atoms with E-state index in [0.717, 1.165) is 24.6 Å². The molecule has 1 heterocycles. The molecule has 1 saturated carbocycles. The molecule has 0 unspecified atom stereocenters. The molecule has 0 spiro atoms. The van der Waals surface area contributed by atoms with Crippen LogP contribution in [0, 0.1) is 0 Å². The summed E-state index contributed by atoms with van der Waals surface area (Å²) in [5.74, 6) is 0.0413. The molecule has 10 heteroatoms. The Balaban J connectivity index is 1.59. The van der Waals surface area contributed by atoms with Crippen LogP contribution in [0.4, 0.5) is 10.5 Å². The molecule has 1 fully saturated rings. The van der Waals surface area contributed by atoms with Crippen molar-refractivity contribution in [1.82, 2.24) is 25.1 Å². The Kier molecular flexibility index (Phi) is 6.73. The maximum atomic E-state index is 12.4. The number of benzene rings is 1. The van der Waals surface area contributed by atoms with Crippen LogP contribution in [-0.4, -0.2) is 56.1 Å². The summed E-state index contributed by atoms with van der Waals surface area (Å²) < 4.78 is 1.84. The van der Waals surface area contributed by atoms with Gasteiger partial charge in [0.1, 0.15) is 0 Å². The van der Waals surface area contributed by atoms with Gasteiger partial charge < -0.3 is 10.2 Å². The topological polar surface area (TPSA) is 93.0 Å². The van der Waals surface area contributed by atoms with Gasteiger partial charge in [0.05, 0.1) is 17.5 Å². The number of nitrogens with one attached hydrogen (secondary N) is 1. The minimum absolute atomic E-state index is 0.0955. The first kappa shape index (κ1) is 19.7. The quantitative estimate of drug-likeness (QED) is 0.736. The molecule has 1 aliphatic rings. The maximum absolute atomic E-state index is 12.4. The fourth-order valence-electron chi connectivity index (χ4n) is 2.82. The van der Waals surface area contributed by atoms with Crippen molar-refractivity contribution in [2.24, 2.45) is 0 Å². The van der Waals surface area contributed by atoms with Crippen LogP contribution >= 0.6 is 23.5 Å². The molecular formula is C17H22N6O2S2. The van der Waals surface area contributed by atoms with Gasteiger partial charge in [-0.1, -0.05) is 36.7 Å². The fraction of sp³-hybridized carbons (Fsp3) is 0.471. The molecule has 0 radical (unpaired) electrons. The largest absolute Gasteiger partial charge is 0.339 e. The lowest BCUT2D eigenvalue weighted by molar-refractivity contribution is -0.113. The molecule has 2 amide bonds. The van der Waals surface area contributed by atoms with Crippen molar-refractivity contribution in [3.8, 4) is 0 Å². The number of amides is 2. The van der Waals surface area contributed by atoms with Gasteiger partial charge in [0.2, 0.25) is 11.1 Å². The average molecular weight is 407 g/mol. The number of para-hydroxylation sites is 1. The second-order valence-electron chi connectivity index (χ2n) is 6.44. The molecule has 0 bridgehead atoms. The van der Waals surface area contributed by atoms with Crippen LogP contribution in [0.1, 0.15) is 31.7 Å². The normalized spacial score (nSPS) is 14.3. The molecule has 2 aromatic rings. The molecule has 27 heavy (non-hydrogen) atoms. The summed E-state index contributed by atoms with van der Waals surface area (Å²) >= 11 is 2.41. The predicted octanol–water partition coefficient (Wildman–Crippen LogP) is 3.29. The van der Waals surface area contributed by atoms with Gasteiger partial charge in [0.25, 0.3) is 5.24 Å². The number of hydrogen-bond acceptors (Lipinski definition) is 7. The smallest absolute Gasteiger partial charge is 0.286 e. The van der Waals surface area contributed by atoms with Crippen molar-refractivity contribution in [2.45, 2.75) is 41.8 Å². The van der Waals surface area contributed by atoms with E-state index in [1.807, 2.05) is 22.9 Å². The van der Waals surface area contributed by atoms with Crippen LogP contribution in [0.25, 0.3) is 0 Å². The van der Waals surface area contributed by atoms with Gasteiger partial charge in [-0.3, -0.25) is 9.59 Å². The Labute approximate surface area is 166 Å². The molecule has 144 valence electrons. The second kappa shape index (κ2) is 9.23. The fourth-order valence-corrected chi connectivity index (χ4v) is 4.31. The van der Waals surface area contributed by atoms with Gasteiger partial charge in [0.15, 0.2) is 0 Å². The van der Waals surface area contributed by atoms with Gasteiger partial charge in [0, 0.05) is 19.0 Å². The van der Waals surface area contributed by atoms with E-state index in [1.54, 1.807) is 20.2 Å². The van der Waals surface area contributed by atoms with E-state index in [-0.39, 0.29) is 16.9 Å². The summed E-state index contributed by atoms with van der Waals surface area (Å²) in [6.45, 7) is 0. The number of nitrogens with zero attached hydrogens (tertiary/aromatic N) is 5. The van der Waals surface area contributed by atoms with Crippen molar-refractivity contribution in [3.63, 3.8) is 0 Å². The summed E-state index contributed by atoms with van der Waals surface area (Å²) in [5, 5.41) is 15.3. The summed E-state index contributed by atoms with van der Waals surface area (Å²) in [5.41, 5.74) is 0.624. The van der Waals surface area contributed by atoms with Gasteiger partial charge in [-0.25, -0.2) is 4.68 Å². The molecule has 0 aliphatic heterocycles. The highest BCUT2D eigenvalue weighted by Gasteiger charge is 2.22. The number of rotatable bonds is 6. The van der Waals surface area contributed by atoms with Crippen molar-refractivity contribution in [1.29, 1.82) is 0 Å². The summed E-state index contributed by atoms with van der Waals surface area (Å²) in [6, 6.07) is 7.60. The number of thioether (sulfide) groups is 2. The SMILES string of the molecule is CN(C)C(=O)Sc1ccccc1NC(=O)CSc1nnnn1C1CCCC1. The third-order valence-corrected chi connectivity index (χ3v) is 6.24. The second-order valence-corrected chi connectivity index (χ2v) is 8.38. The number of hydrogen-bond donors (Lipinski definition) is 1. The van der Waals surface area contributed by atoms with Crippen LogP contribution in [-0.2, 0) is 4.79 Å². The van der Waals surface area contributed by atoms with E-state index in [4.69, 9.17) is 0 Å². The third-order valence-electron chi connectivity index (χ3n) is 4.19. The Bertz CT molecular complexity index is 804. The molecule has 0 saturated heterocycles. The summed E-state index contributed by atoms with van der Waals surface area (Å²) in [7, 11) is 3.39. The number of tetrazole rings is 1. The minimum atomic E-state index is -0.161. The van der Waals surface area contributed by atoms with Crippen molar-refractivity contribution >= 4 is 40.4 Å². The lowest BCUT2D eigenvalue weighted by atomic mass is 10.3. The minimum Gasteiger partial charge on any atom is -0.339 e. The molecule has 1 aromatic heterocycles. The summed E-state index contributed by atoms with van der Waals surface area (Å²) in [4.78, 5) is 26.6. The van der Waals surface area contributed by atoms with Crippen LogP contribution in [0.15, 0.2) is 34.3 Å². The van der Waals surface area contributed by atoms with E-state index >= 15 is 0 Å². The van der Waals surface area contributed by atoms with E-state index in [9.17, 15) is 9.59 Å². The lowest BCUT2D eigenvalue weighted by Gasteiger charge is -2.13. The Morgan fingerprint density at radius 1 is 1.26 bits per heavy atom. The number of carbonyl (C=O) groups is 2. The highest BCUT2D eigenvalue weighted by atomic mass is 32.2. The standard InChI is InChI=1S/C17H22N6O2S2/c1-22(2)17(25)27-14-10-6-5-9-13(14)18-15(24)11-26-16-19-20-21-23(16)12-7-3-4-8-12/h5-6,9-10,12H,3-4,7-8,11H2,1-2H3,(H,18,24). The Morgan fingerprint density at radius 2 is 2.00 bits per heavy atom. The van der Waals surface area contributed by atoms with Crippen LogP contribution in [0.5, 0.6) is 0 Å². The van der Waals surface area contributed by atoms with Crippen molar-refractivity contribution in [3.05, 3.63) is 24.3 Å². The van der Waals surface area contributed by atoms with Crippen LogP contribution < -0.4 is 5.32 Å². The monoisotopic (exact) mass is 406 g/mol. The van der Waals surface area contributed by atoms with Gasteiger partial charge in [-0.15, -0.1) is 5.10 Å². The molecule has 1 aliphatic carbocycles. The summed E-state index contributed by atoms with van der Waals surface area (Å²) in [6.07, 6.45) is 4.54. The van der Waals surface area contributed by atoms with E-state index < -0.39 is 0 Å². The zero-order valence-electron chi connectivity index (χ0n) is 15.3. The predicted molar refractivity (Wildman–Crippen MR) is 106 cm³/mol. The third kappa shape index (κ3) is 5.23. The number of anilines is 1. The molecule has 1 aromatic carbocycles. The van der Waals surface area contributed by atoms with Crippen LogP contribution in [0.3, 0.4) is 0 Å². The zero-order chi connectivity index (χ0) is 19.2. The first-order chi connectivity index (χ1) is 13.0. The molecule has 3 rings (SSSR count). The van der Waals surface area contributed by atoms with E-state index in [2.05, 4.69) is 20.8 Å². The average Bonchev–Trinajstić information content (AvgIpc) is 3.32. The molecule has 1 N–H and O–H groups in total. The van der Waals surface area contributed by atoms with Crippen molar-refractivity contribution in [2.75, 3.05) is 25.2 Å². The Hall–Kier alpha value is -2.07. The number of carbonyl (C=O) groups excluding carboxylic acids is 2. The highest BCUT2D eigenvalue weighted by Crippen LogP contribution is 2.32. The van der Waals surface area contributed by atoms with Crippen molar-refractivity contribution < 1.29 is 9.59 Å². The van der Waals surface area contributed by atoms with Gasteiger partial charge in [-0.05, 0) is 47.2 Å². The van der Waals surface area contributed by atoms with E-state index in [0.29, 0.717) is 21.8 Å². The lowest BCUT2D eigenvalue weighted by Crippen LogP contribution is -2.18. The van der Waals surface area contributed by atoms with E-state index in [1.165, 1.54) is 29.5 Å². The maximum Gasteiger partial charge on any atom is 0.286 e.